The topological polar surface area (TPSA) is 8.81 Å². The zero-order valence-corrected chi connectivity index (χ0v) is 18.4. The molecule has 2 nitrogen and oxygen atoms in total. The molecule has 1 aromatic heterocycles. The maximum absolute atomic E-state index is 2.46. The Morgan fingerprint density at radius 1 is 0.731 bits per heavy atom. The number of aromatic nitrogens is 2. The SMILES string of the molecule is CCCCCCCCCCCCCC[C@@H](C(C)C)n1cc[n+](CCC)c1. The van der Waals surface area contributed by atoms with Crippen molar-refractivity contribution in [3.8, 4) is 0 Å². The second kappa shape index (κ2) is 15.3. The first kappa shape index (κ1) is 23.2. The van der Waals surface area contributed by atoms with E-state index < -0.39 is 0 Å². The van der Waals surface area contributed by atoms with Gasteiger partial charge in [-0.1, -0.05) is 98.3 Å². The molecule has 1 heterocycles. The number of unbranched alkanes of at least 4 members (excludes halogenated alkanes) is 11. The molecule has 0 aliphatic carbocycles. The molecule has 0 aromatic carbocycles. The van der Waals surface area contributed by atoms with Gasteiger partial charge in [0.2, 0.25) is 6.33 Å². The van der Waals surface area contributed by atoms with Crippen molar-refractivity contribution in [2.24, 2.45) is 5.92 Å². The Hall–Kier alpha value is -0.790. The summed E-state index contributed by atoms with van der Waals surface area (Å²) in [4.78, 5) is 0. The molecule has 0 amide bonds. The van der Waals surface area contributed by atoms with Crippen LogP contribution in [0.25, 0.3) is 0 Å². The Bertz CT molecular complexity index is 422. The van der Waals surface area contributed by atoms with Crippen molar-refractivity contribution in [1.82, 2.24) is 4.57 Å². The Morgan fingerprint density at radius 3 is 1.77 bits per heavy atom. The maximum Gasteiger partial charge on any atom is 0.243 e. The zero-order chi connectivity index (χ0) is 19.0. The third kappa shape index (κ3) is 10.4. The van der Waals surface area contributed by atoms with Crippen molar-refractivity contribution in [2.75, 3.05) is 0 Å². The quantitative estimate of drug-likeness (QED) is 0.200. The third-order valence-corrected chi connectivity index (χ3v) is 5.70. The van der Waals surface area contributed by atoms with Gasteiger partial charge in [-0.3, -0.25) is 0 Å². The average molecular weight is 364 g/mol. The summed E-state index contributed by atoms with van der Waals surface area (Å²) in [6, 6.07) is 0.663. The second-order valence-corrected chi connectivity index (χ2v) is 8.59. The lowest BCUT2D eigenvalue weighted by atomic mass is 9.97. The lowest BCUT2D eigenvalue weighted by Gasteiger charge is -2.17. The molecule has 0 saturated heterocycles. The largest absolute Gasteiger partial charge is 0.243 e. The summed E-state index contributed by atoms with van der Waals surface area (Å²) in [6.45, 7) is 10.4. The van der Waals surface area contributed by atoms with Crippen LogP contribution >= 0.6 is 0 Å². The maximum atomic E-state index is 2.46. The average Bonchev–Trinajstić information content (AvgIpc) is 3.07. The molecule has 0 spiro atoms. The standard InChI is InChI=1S/C24H47N2/c1-5-7-8-9-10-11-12-13-14-15-16-17-18-24(23(3)4)26-21-20-25(22-26)19-6-2/h20-24H,5-19H2,1-4H3/q+1/t24-/m0/s1. The first-order valence-corrected chi connectivity index (χ1v) is 11.8. The zero-order valence-electron chi connectivity index (χ0n) is 18.4. The Kier molecular flexibility index (Phi) is 13.7. The number of nitrogens with zero attached hydrogens (tertiary/aromatic N) is 2. The van der Waals surface area contributed by atoms with Crippen LogP contribution < -0.4 is 4.57 Å². The fourth-order valence-electron chi connectivity index (χ4n) is 4.02. The molecule has 0 radical (unpaired) electrons. The fourth-order valence-corrected chi connectivity index (χ4v) is 4.02. The summed E-state index contributed by atoms with van der Waals surface area (Å²) in [5, 5.41) is 0. The second-order valence-electron chi connectivity index (χ2n) is 8.59. The highest BCUT2D eigenvalue weighted by Gasteiger charge is 2.20. The van der Waals surface area contributed by atoms with E-state index in [1.807, 2.05) is 0 Å². The monoisotopic (exact) mass is 363 g/mol. The highest BCUT2D eigenvalue weighted by Crippen LogP contribution is 2.24. The minimum atomic E-state index is 0.663. The molecule has 26 heavy (non-hydrogen) atoms. The predicted molar refractivity (Wildman–Crippen MR) is 114 cm³/mol. The summed E-state index contributed by atoms with van der Waals surface area (Å²) in [7, 11) is 0. The van der Waals surface area contributed by atoms with Crippen LogP contribution in [0.2, 0.25) is 0 Å². The molecule has 1 atom stereocenters. The van der Waals surface area contributed by atoms with E-state index in [0.29, 0.717) is 12.0 Å². The summed E-state index contributed by atoms with van der Waals surface area (Å²) in [6.07, 6.45) is 26.6. The molecule has 1 rings (SSSR count). The van der Waals surface area contributed by atoms with E-state index in [2.05, 4.69) is 55.6 Å². The molecule has 0 fully saturated rings. The molecule has 0 unspecified atom stereocenters. The number of hydrogen-bond donors (Lipinski definition) is 0. The molecule has 0 N–H and O–H groups in total. The lowest BCUT2D eigenvalue weighted by Crippen LogP contribution is -2.31. The Morgan fingerprint density at radius 2 is 1.27 bits per heavy atom. The number of imidazole rings is 1. The summed E-state index contributed by atoms with van der Waals surface area (Å²) in [5.74, 6) is 0.713. The fraction of sp³-hybridized carbons (Fsp3) is 0.875. The highest BCUT2D eigenvalue weighted by atomic mass is 15.1. The molecule has 0 aliphatic rings. The van der Waals surface area contributed by atoms with Gasteiger partial charge in [0, 0.05) is 0 Å². The van der Waals surface area contributed by atoms with E-state index in [-0.39, 0.29) is 0 Å². The van der Waals surface area contributed by atoms with Crippen LogP contribution in [0.3, 0.4) is 0 Å². The van der Waals surface area contributed by atoms with Crippen molar-refractivity contribution < 1.29 is 4.57 Å². The van der Waals surface area contributed by atoms with Crippen LogP contribution in [0.5, 0.6) is 0 Å². The smallest absolute Gasteiger partial charge is 0.237 e. The van der Waals surface area contributed by atoms with Gasteiger partial charge in [-0.25, -0.2) is 9.13 Å². The van der Waals surface area contributed by atoms with Gasteiger partial charge in [0.1, 0.15) is 18.4 Å². The first-order valence-electron chi connectivity index (χ1n) is 11.8. The first-order chi connectivity index (χ1) is 12.7. The van der Waals surface area contributed by atoms with Gasteiger partial charge in [-0.2, -0.15) is 0 Å². The van der Waals surface area contributed by atoms with E-state index in [1.165, 1.54) is 89.9 Å². The van der Waals surface area contributed by atoms with Gasteiger partial charge in [0.05, 0.1) is 6.54 Å². The molecule has 0 saturated carbocycles. The van der Waals surface area contributed by atoms with Gasteiger partial charge in [0.15, 0.2) is 0 Å². The summed E-state index contributed by atoms with van der Waals surface area (Å²) in [5.41, 5.74) is 0. The lowest BCUT2D eigenvalue weighted by molar-refractivity contribution is -0.696. The molecule has 152 valence electrons. The van der Waals surface area contributed by atoms with Gasteiger partial charge in [0.25, 0.3) is 0 Å². The van der Waals surface area contributed by atoms with Crippen LogP contribution in [-0.2, 0) is 6.54 Å². The minimum Gasteiger partial charge on any atom is -0.237 e. The molecular weight excluding hydrogens is 316 g/mol. The van der Waals surface area contributed by atoms with Crippen LogP contribution in [0, 0.1) is 5.92 Å². The van der Waals surface area contributed by atoms with Crippen molar-refractivity contribution in [3.63, 3.8) is 0 Å². The number of rotatable bonds is 17. The molecular formula is C24H47N2+. The van der Waals surface area contributed by atoms with Crippen LogP contribution in [0.4, 0.5) is 0 Å². The molecule has 1 aromatic rings. The number of hydrogen-bond acceptors (Lipinski definition) is 0. The van der Waals surface area contributed by atoms with E-state index in [4.69, 9.17) is 0 Å². The normalized spacial score (nSPS) is 12.8. The van der Waals surface area contributed by atoms with Crippen LogP contribution in [0.1, 0.15) is 124 Å². The molecule has 0 aliphatic heterocycles. The van der Waals surface area contributed by atoms with Gasteiger partial charge < -0.3 is 0 Å². The van der Waals surface area contributed by atoms with Crippen molar-refractivity contribution in [1.29, 1.82) is 0 Å². The van der Waals surface area contributed by atoms with Gasteiger partial charge in [-0.05, 0) is 25.2 Å². The van der Waals surface area contributed by atoms with Gasteiger partial charge >= 0.3 is 0 Å². The Labute approximate surface area is 164 Å². The van der Waals surface area contributed by atoms with Crippen LogP contribution in [0.15, 0.2) is 18.7 Å². The number of aryl methyl sites for hydroxylation is 1. The Balaban J connectivity index is 2.07. The van der Waals surface area contributed by atoms with Crippen molar-refractivity contribution in [3.05, 3.63) is 18.7 Å². The summed E-state index contributed by atoms with van der Waals surface area (Å²) < 4.78 is 4.79. The molecule has 2 heteroatoms. The predicted octanol–water partition coefficient (Wildman–Crippen LogP) is 7.47. The minimum absolute atomic E-state index is 0.663. The van der Waals surface area contributed by atoms with E-state index in [9.17, 15) is 0 Å². The molecule has 0 bridgehead atoms. The van der Waals surface area contributed by atoms with E-state index >= 15 is 0 Å². The van der Waals surface area contributed by atoms with Gasteiger partial charge in [-0.15, -0.1) is 0 Å². The van der Waals surface area contributed by atoms with Crippen molar-refractivity contribution >= 4 is 0 Å². The van der Waals surface area contributed by atoms with Crippen molar-refractivity contribution in [2.45, 2.75) is 130 Å². The third-order valence-electron chi connectivity index (χ3n) is 5.70. The van der Waals surface area contributed by atoms with E-state index in [0.717, 1.165) is 6.54 Å². The van der Waals surface area contributed by atoms with E-state index in [1.54, 1.807) is 0 Å². The van der Waals surface area contributed by atoms with Crippen LogP contribution in [-0.4, -0.2) is 4.57 Å². The highest BCUT2D eigenvalue weighted by molar-refractivity contribution is 4.77. The summed E-state index contributed by atoms with van der Waals surface area (Å²) >= 11 is 0.